The number of hydrogen-bond donors (Lipinski definition) is 0. The fourth-order valence-corrected chi connectivity index (χ4v) is 11.2. The van der Waals surface area contributed by atoms with Crippen LogP contribution in [0.15, 0.2) is 224 Å². The van der Waals surface area contributed by atoms with Gasteiger partial charge in [-0.15, -0.1) is 0 Å². The SMILES string of the molecule is Cc1cccc(N(C)c2cccc(C)c2)c1.Cc1cccc(N(c2cccc(C)c2)c2ccc3c4c(-c5ccccc5)c5c6cccc7cccc(c5c(-c5ccccc5)c4c4cccc2c43)c76)c1. The van der Waals surface area contributed by atoms with Crippen LogP contribution in [0, 0.1) is 27.7 Å². The molecule has 0 aliphatic carbocycles. The van der Waals surface area contributed by atoms with Crippen molar-refractivity contribution in [2.24, 2.45) is 0 Å². The Morgan fingerprint density at radius 3 is 1.09 bits per heavy atom. The second kappa shape index (κ2) is 17.0. The van der Waals surface area contributed by atoms with E-state index >= 15 is 0 Å². The molecule has 69 heavy (non-hydrogen) atoms. The summed E-state index contributed by atoms with van der Waals surface area (Å²) in [6.45, 7) is 8.59. The maximum absolute atomic E-state index is 2.44. The molecular weight excluding hydrogens is 833 g/mol. The number of aryl methyl sites for hydroxylation is 4. The summed E-state index contributed by atoms with van der Waals surface area (Å²) in [4.78, 5) is 4.65. The van der Waals surface area contributed by atoms with Crippen LogP contribution in [-0.4, -0.2) is 7.05 Å². The van der Waals surface area contributed by atoms with Crippen LogP contribution < -0.4 is 9.80 Å². The number of anilines is 5. The molecule has 0 atom stereocenters. The van der Waals surface area contributed by atoms with Crippen LogP contribution in [0.25, 0.3) is 86.9 Å². The van der Waals surface area contributed by atoms with Gasteiger partial charge >= 0.3 is 0 Å². The molecule has 0 saturated carbocycles. The topological polar surface area (TPSA) is 6.48 Å². The maximum Gasteiger partial charge on any atom is 0.0540 e. The Hall–Kier alpha value is -8.46. The highest BCUT2D eigenvalue weighted by atomic mass is 15.1. The summed E-state index contributed by atoms with van der Waals surface area (Å²) < 4.78 is 0. The van der Waals surface area contributed by atoms with E-state index in [-0.39, 0.29) is 0 Å². The van der Waals surface area contributed by atoms with Gasteiger partial charge in [-0.05, 0) is 186 Å². The van der Waals surface area contributed by atoms with Crippen molar-refractivity contribution in [3.05, 3.63) is 247 Å². The fraction of sp³-hybridized carbons (Fsp3) is 0.0746. The third kappa shape index (κ3) is 7.11. The standard InChI is InChI=1S/C52H35N.C15H17N/c1-32-14-9-22-37(30-32)53(38-23-10-15-33(2)31-38)44-29-28-43-48-39(44)24-13-27-42(48)51-46(35-16-5-3-6-17-35)49-40-25-11-20-34-21-12-26-41(45(34)40)50(49)47(52(43)51)36-18-7-4-8-19-36;1-12-6-4-8-14(10-12)16(3)15-9-5-7-13(2)11-15/h3-31H,1-2H3;4-11H,1-3H3. The molecule has 0 heterocycles. The van der Waals surface area contributed by atoms with Gasteiger partial charge in [0.1, 0.15) is 0 Å². The van der Waals surface area contributed by atoms with Gasteiger partial charge in [0, 0.05) is 35.2 Å². The van der Waals surface area contributed by atoms with Crippen LogP contribution in [-0.2, 0) is 0 Å². The van der Waals surface area contributed by atoms with Crippen LogP contribution in [0.3, 0.4) is 0 Å². The van der Waals surface area contributed by atoms with Gasteiger partial charge in [0.2, 0.25) is 0 Å². The zero-order valence-corrected chi connectivity index (χ0v) is 39.8. The van der Waals surface area contributed by atoms with E-state index in [9.17, 15) is 0 Å². The predicted molar refractivity (Wildman–Crippen MR) is 299 cm³/mol. The molecular formula is C67H52N2. The van der Waals surface area contributed by atoms with Crippen LogP contribution >= 0.6 is 0 Å². The molecule has 0 saturated heterocycles. The Morgan fingerprint density at radius 1 is 0.275 bits per heavy atom. The number of fused-ring (bicyclic) bond motifs is 6. The van der Waals surface area contributed by atoms with E-state index in [1.807, 2.05) is 0 Å². The van der Waals surface area contributed by atoms with Gasteiger partial charge in [-0.2, -0.15) is 0 Å². The average Bonchev–Trinajstić information content (AvgIpc) is 3.89. The lowest BCUT2D eigenvalue weighted by Crippen LogP contribution is -2.10. The molecule has 2 nitrogen and oxygen atoms in total. The van der Waals surface area contributed by atoms with Crippen molar-refractivity contribution < 1.29 is 0 Å². The first-order chi connectivity index (χ1) is 33.8. The largest absolute Gasteiger partial charge is 0.345 e. The molecule has 2 heteroatoms. The zero-order chi connectivity index (χ0) is 46.8. The van der Waals surface area contributed by atoms with Crippen molar-refractivity contribution in [1.29, 1.82) is 0 Å². The molecule has 0 radical (unpaired) electrons. The van der Waals surface area contributed by atoms with Crippen molar-refractivity contribution >= 4 is 93.1 Å². The summed E-state index contributed by atoms with van der Waals surface area (Å²) in [7, 11) is 2.10. The van der Waals surface area contributed by atoms with Crippen LogP contribution in [0.4, 0.5) is 28.4 Å². The first-order valence-electron chi connectivity index (χ1n) is 24.1. The molecule has 0 bridgehead atoms. The van der Waals surface area contributed by atoms with E-state index in [1.165, 1.54) is 126 Å². The monoisotopic (exact) mass is 884 g/mol. The van der Waals surface area contributed by atoms with Crippen molar-refractivity contribution in [3.63, 3.8) is 0 Å². The predicted octanol–water partition coefficient (Wildman–Crippen LogP) is 19.0. The Morgan fingerprint density at radius 2 is 0.638 bits per heavy atom. The fourth-order valence-electron chi connectivity index (χ4n) is 11.2. The van der Waals surface area contributed by atoms with E-state index in [1.54, 1.807) is 0 Å². The lowest BCUT2D eigenvalue weighted by molar-refractivity contribution is 1.19. The molecule has 13 rings (SSSR count). The highest BCUT2D eigenvalue weighted by Crippen LogP contribution is 2.56. The quantitative estimate of drug-likeness (QED) is 0.157. The lowest BCUT2D eigenvalue weighted by Gasteiger charge is -2.27. The Kier molecular flexibility index (Phi) is 10.3. The summed E-state index contributed by atoms with van der Waals surface area (Å²) in [6.07, 6.45) is 0. The molecule has 0 fully saturated rings. The minimum atomic E-state index is 1.16. The summed E-state index contributed by atoms with van der Waals surface area (Å²) in [5.41, 5.74) is 16.1. The molecule has 13 aromatic rings. The average molecular weight is 885 g/mol. The van der Waals surface area contributed by atoms with Crippen LogP contribution in [0.2, 0.25) is 0 Å². The third-order valence-electron chi connectivity index (χ3n) is 14.2. The number of benzene rings is 11. The minimum Gasteiger partial charge on any atom is -0.345 e. The van der Waals surface area contributed by atoms with Gasteiger partial charge in [-0.25, -0.2) is 0 Å². The Labute approximate surface area is 404 Å². The summed E-state index contributed by atoms with van der Waals surface area (Å²) >= 11 is 0. The molecule has 13 aromatic carbocycles. The van der Waals surface area contributed by atoms with E-state index in [0.29, 0.717) is 0 Å². The van der Waals surface area contributed by atoms with E-state index in [0.717, 1.165) is 11.4 Å². The first-order valence-corrected chi connectivity index (χ1v) is 24.1. The van der Waals surface area contributed by atoms with Gasteiger partial charge in [0.25, 0.3) is 0 Å². The summed E-state index contributed by atoms with van der Waals surface area (Å²) in [5, 5.41) is 15.8. The molecule has 0 amide bonds. The smallest absolute Gasteiger partial charge is 0.0540 e. The van der Waals surface area contributed by atoms with Gasteiger partial charge < -0.3 is 9.80 Å². The third-order valence-corrected chi connectivity index (χ3v) is 14.2. The molecule has 0 spiro atoms. The normalized spacial score (nSPS) is 11.6. The van der Waals surface area contributed by atoms with E-state index < -0.39 is 0 Å². The minimum absolute atomic E-state index is 1.16. The summed E-state index contributed by atoms with van der Waals surface area (Å²) in [5.74, 6) is 0. The number of nitrogens with zero attached hydrogens (tertiary/aromatic N) is 2. The molecule has 0 unspecified atom stereocenters. The molecule has 0 aliphatic heterocycles. The molecule has 0 N–H and O–H groups in total. The van der Waals surface area contributed by atoms with Crippen molar-refractivity contribution in [1.82, 2.24) is 0 Å². The lowest BCUT2D eigenvalue weighted by atomic mass is 9.87. The highest BCUT2D eigenvalue weighted by molar-refractivity contribution is 6.47. The first kappa shape index (κ1) is 41.9. The van der Waals surface area contributed by atoms with Gasteiger partial charge in [-0.1, -0.05) is 170 Å². The molecule has 0 aromatic heterocycles. The number of rotatable bonds is 7. The van der Waals surface area contributed by atoms with Crippen LogP contribution in [0.1, 0.15) is 22.3 Å². The Bertz CT molecular complexity index is 3800. The van der Waals surface area contributed by atoms with Crippen molar-refractivity contribution in [2.75, 3.05) is 16.8 Å². The van der Waals surface area contributed by atoms with Crippen molar-refractivity contribution in [3.8, 4) is 22.3 Å². The van der Waals surface area contributed by atoms with Gasteiger partial charge in [-0.3, -0.25) is 0 Å². The van der Waals surface area contributed by atoms with Crippen LogP contribution in [0.5, 0.6) is 0 Å². The van der Waals surface area contributed by atoms with Crippen molar-refractivity contribution in [2.45, 2.75) is 27.7 Å². The second-order valence-electron chi connectivity index (χ2n) is 18.8. The highest BCUT2D eigenvalue weighted by Gasteiger charge is 2.28. The van der Waals surface area contributed by atoms with E-state index in [4.69, 9.17) is 0 Å². The van der Waals surface area contributed by atoms with E-state index in [2.05, 4.69) is 269 Å². The zero-order valence-electron chi connectivity index (χ0n) is 39.8. The second-order valence-corrected chi connectivity index (χ2v) is 18.8. The molecule has 330 valence electrons. The van der Waals surface area contributed by atoms with Gasteiger partial charge in [0.15, 0.2) is 0 Å². The Balaban J connectivity index is 0.000000262. The molecule has 0 aliphatic rings. The van der Waals surface area contributed by atoms with Gasteiger partial charge in [0.05, 0.1) is 5.69 Å². The maximum atomic E-state index is 2.44. The number of hydrogen-bond acceptors (Lipinski definition) is 2. The summed E-state index contributed by atoms with van der Waals surface area (Å²) in [6, 6.07) is 82.4.